The molecule has 2 aliphatic rings. The van der Waals surface area contributed by atoms with Gasteiger partial charge in [0.25, 0.3) is 5.91 Å². The van der Waals surface area contributed by atoms with Crippen LogP contribution in [-0.2, 0) is 4.79 Å². The Morgan fingerprint density at radius 3 is 2.76 bits per heavy atom. The molecule has 1 saturated heterocycles. The molecule has 0 aromatic heterocycles. The predicted molar refractivity (Wildman–Crippen MR) is 87.2 cm³/mol. The first-order valence-electron chi connectivity index (χ1n) is 7.40. The number of likely N-dealkylation sites (tertiary alicyclic amines) is 1. The largest absolute Gasteiger partial charge is 0.507 e. The van der Waals surface area contributed by atoms with Crippen LogP contribution in [0, 0.1) is 9.49 Å². The Bertz CT molecular complexity index is 587. The molecule has 0 bridgehead atoms. The number of Topliss-reactive ketones (excluding diaryl/α,β-unsaturated/α-hetero) is 1. The van der Waals surface area contributed by atoms with E-state index in [0.717, 1.165) is 29.3 Å². The van der Waals surface area contributed by atoms with Gasteiger partial charge >= 0.3 is 0 Å². The fraction of sp³-hybridized carbons (Fsp3) is 0.500. The zero-order valence-corrected chi connectivity index (χ0v) is 13.9. The number of benzene rings is 1. The van der Waals surface area contributed by atoms with Gasteiger partial charge in [0.15, 0.2) is 0 Å². The number of nitrogens with zero attached hydrogens (tertiary/aromatic N) is 1. The highest BCUT2D eigenvalue weighted by Gasteiger charge is 2.40. The molecule has 4 nitrogen and oxygen atoms in total. The Labute approximate surface area is 137 Å². The van der Waals surface area contributed by atoms with Crippen molar-refractivity contribution >= 4 is 34.3 Å². The average molecular weight is 399 g/mol. The molecule has 2 atom stereocenters. The molecular formula is C16H18INO3. The fourth-order valence-corrected chi connectivity index (χ4v) is 3.86. The van der Waals surface area contributed by atoms with Crippen LogP contribution in [0.3, 0.4) is 0 Å². The number of rotatable bonds is 2. The van der Waals surface area contributed by atoms with Crippen molar-refractivity contribution in [2.45, 2.75) is 38.1 Å². The van der Waals surface area contributed by atoms with Crippen molar-refractivity contribution in [1.29, 1.82) is 0 Å². The van der Waals surface area contributed by atoms with Crippen LogP contribution in [0.4, 0.5) is 0 Å². The van der Waals surface area contributed by atoms with Gasteiger partial charge in [0.1, 0.15) is 11.5 Å². The lowest BCUT2D eigenvalue weighted by molar-refractivity contribution is -0.121. The van der Waals surface area contributed by atoms with Crippen LogP contribution >= 0.6 is 22.6 Å². The summed E-state index contributed by atoms with van der Waals surface area (Å²) >= 11 is 2.03. The number of carbonyl (C=O) groups excluding carboxylic acids is 2. The molecule has 1 aliphatic heterocycles. The maximum absolute atomic E-state index is 12.7. The smallest absolute Gasteiger partial charge is 0.254 e. The lowest BCUT2D eigenvalue weighted by Crippen LogP contribution is -2.41. The summed E-state index contributed by atoms with van der Waals surface area (Å²) in [5, 5.41) is 9.78. The third kappa shape index (κ3) is 2.80. The Kier molecular flexibility index (Phi) is 4.19. The minimum atomic E-state index is -0.0658. The summed E-state index contributed by atoms with van der Waals surface area (Å²) in [4.78, 5) is 26.5. The van der Waals surface area contributed by atoms with Crippen molar-refractivity contribution in [2.75, 3.05) is 6.54 Å². The maximum Gasteiger partial charge on any atom is 0.254 e. The maximum atomic E-state index is 12.7. The van der Waals surface area contributed by atoms with E-state index in [-0.39, 0.29) is 23.6 Å². The van der Waals surface area contributed by atoms with Crippen LogP contribution in [0.1, 0.15) is 42.5 Å². The summed E-state index contributed by atoms with van der Waals surface area (Å²) in [7, 11) is 0. The minimum absolute atomic E-state index is 0.0221. The predicted octanol–water partition coefficient (Wildman–Crippen LogP) is 2.97. The van der Waals surface area contributed by atoms with Gasteiger partial charge in [0.2, 0.25) is 0 Å². The van der Waals surface area contributed by atoms with Crippen LogP contribution in [0.5, 0.6) is 5.75 Å². The molecule has 1 heterocycles. The molecule has 2 fully saturated rings. The second-order valence-electron chi connectivity index (χ2n) is 5.84. The Hall–Kier alpha value is -1.11. The Balaban J connectivity index is 1.82. The summed E-state index contributed by atoms with van der Waals surface area (Å²) in [5.41, 5.74) is 0.505. The van der Waals surface area contributed by atoms with Gasteiger partial charge in [-0.15, -0.1) is 0 Å². The van der Waals surface area contributed by atoms with Crippen LogP contribution in [0.25, 0.3) is 0 Å². The number of hydrogen-bond acceptors (Lipinski definition) is 3. The Morgan fingerprint density at radius 2 is 2.10 bits per heavy atom. The number of halogens is 1. The number of phenols is 1. The summed E-state index contributed by atoms with van der Waals surface area (Å²) in [6, 6.07) is 5.06. The molecule has 112 valence electrons. The molecule has 5 heteroatoms. The number of phenolic OH excluding ortho intramolecular Hbond substituents is 1. The van der Waals surface area contributed by atoms with Crippen molar-refractivity contribution in [2.24, 2.45) is 5.92 Å². The quantitative estimate of drug-likeness (QED) is 0.779. The first kappa shape index (κ1) is 14.8. The highest BCUT2D eigenvalue weighted by Crippen LogP contribution is 2.34. The third-order valence-electron chi connectivity index (χ3n) is 4.57. The van der Waals surface area contributed by atoms with Gasteiger partial charge < -0.3 is 10.0 Å². The van der Waals surface area contributed by atoms with Gasteiger partial charge in [-0.1, -0.05) is 0 Å². The van der Waals surface area contributed by atoms with Gasteiger partial charge in [-0.2, -0.15) is 0 Å². The molecule has 1 aliphatic carbocycles. The minimum Gasteiger partial charge on any atom is -0.507 e. The van der Waals surface area contributed by atoms with Gasteiger partial charge in [0, 0.05) is 30.5 Å². The summed E-state index contributed by atoms with van der Waals surface area (Å²) < 4.78 is 0.730. The van der Waals surface area contributed by atoms with Crippen LogP contribution < -0.4 is 0 Å². The summed E-state index contributed by atoms with van der Waals surface area (Å²) in [5.74, 6) is 0.400. The van der Waals surface area contributed by atoms with E-state index in [0.29, 0.717) is 24.3 Å². The van der Waals surface area contributed by atoms with E-state index in [1.54, 1.807) is 12.1 Å². The van der Waals surface area contributed by atoms with Gasteiger partial charge in [-0.25, -0.2) is 0 Å². The third-order valence-corrected chi connectivity index (χ3v) is 5.48. The molecule has 1 saturated carbocycles. The molecule has 1 amide bonds. The highest BCUT2D eigenvalue weighted by molar-refractivity contribution is 14.1. The van der Waals surface area contributed by atoms with E-state index < -0.39 is 0 Å². The van der Waals surface area contributed by atoms with Crippen LogP contribution in [0.15, 0.2) is 18.2 Å². The normalized spacial score (nSPS) is 25.6. The lowest BCUT2D eigenvalue weighted by Gasteiger charge is -2.28. The standard InChI is InChI=1S/C16H18INO3/c17-12-7-6-10(9-15(12)20)16(21)18-8-2-4-13(18)11-3-1-5-14(11)19/h6-7,9,11,13,20H,1-5,8H2. The molecule has 21 heavy (non-hydrogen) atoms. The second-order valence-corrected chi connectivity index (χ2v) is 7.00. The van der Waals surface area contributed by atoms with E-state index >= 15 is 0 Å². The number of ketones is 1. The first-order valence-corrected chi connectivity index (χ1v) is 8.48. The number of aromatic hydroxyl groups is 1. The van der Waals surface area contributed by atoms with Crippen LogP contribution in [0.2, 0.25) is 0 Å². The van der Waals surface area contributed by atoms with Crippen LogP contribution in [-0.4, -0.2) is 34.3 Å². The molecular weight excluding hydrogens is 381 g/mol. The molecule has 3 rings (SSSR count). The first-order chi connectivity index (χ1) is 10.1. The summed E-state index contributed by atoms with van der Waals surface area (Å²) in [6.07, 6.45) is 4.39. The molecule has 2 unspecified atom stereocenters. The monoisotopic (exact) mass is 399 g/mol. The zero-order valence-electron chi connectivity index (χ0n) is 11.7. The summed E-state index contributed by atoms with van der Waals surface area (Å²) in [6.45, 7) is 0.708. The number of hydrogen-bond donors (Lipinski definition) is 1. The van der Waals surface area contributed by atoms with E-state index in [1.165, 1.54) is 6.07 Å². The van der Waals surface area contributed by atoms with Gasteiger partial charge in [-0.05, 0) is 66.5 Å². The number of carbonyl (C=O) groups is 2. The SMILES string of the molecule is O=C1CCCC1C1CCCN1C(=O)c1ccc(I)c(O)c1. The molecule has 0 spiro atoms. The van der Waals surface area contributed by atoms with Crippen molar-refractivity contribution in [3.63, 3.8) is 0 Å². The van der Waals surface area contributed by atoms with Gasteiger partial charge in [-0.3, -0.25) is 9.59 Å². The Morgan fingerprint density at radius 1 is 1.29 bits per heavy atom. The number of amides is 1. The van der Waals surface area contributed by atoms with Crippen molar-refractivity contribution in [3.05, 3.63) is 27.3 Å². The zero-order chi connectivity index (χ0) is 15.0. The fourth-order valence-electron chi connectivity index (χ4n) is 3.52. The van der Waals surface area contributed by atoms with E-state index in [1.807, 2.05) is 27.5 Å². The highest BCUT2D eigenvalue weighted by atomic mass is 127. The van der Waals surface area contributed by atoms with E-state index in [4.69, 9.17) is 0 Å². The molecule has 1 N–H and O–H groups in total. The van der Waals surface area contributed by atoms with E-state index in [2.05, 4.69) is 0 Å². The average Bonchev–Trinajstić information content (AvgIpc) is 3.09. The van der Waals surface area contributed by atoms with Crippen molar-refractivity contribution in [1.82, 2.24) is 4.90 Å². The topological polar surface area (TPSA) is 57.6 Å². The molecule has 0 radical (unpaired) electrons. The van der Waals surface area contributed by atoms with Gasteiger partial charge in [0.05, 0.1) is 3.57 Å². The van der Waals surface area contributed by atoms with Crippen molar-refractivity contribution < 1.29 is 14.7 Å². The lowest BCUT2D eigenvalue weighted by atomic mass is 9.94. The molecule has 1 aromatic carbocycles. The van der Waals surface area contributed by atoms with E-state index in [9.17, 15) is 14.7 Å². The molecule has 1 aromatic rings. The second kappa shape index (κ2) is 5.94. The van der Waals surface area contributed by atoms with Crippen molar-refractivity contribution in [3.8, 4) is 5.75 Å².